The lowest BCUT2D eigenvalue weighted by Crippen LogP contribution is -2.34. The topological polar surface area (TPSA) is 40.5 Å². The summed E-state index contributed by atoms with van der Waals surface area (Å²) in [6.45, 7) is 6.34. The number of hydrogen-bond acceptors (Lipinski definition) is 2. The molecule has 0 bridgehead atoms. The molecule has 0 aliphatic heterocycles. The lowest BCUT2D eigenvalue weighted by atomic mass is 10.0. The van der Waals surface area contributed by atoms with Gasteiger partial charge >= 0.3 is 5.97 Å². The molecule has 0 saturated heterocycles. The maximum Gasteiger partial charge on any atom is 0.338 e. The zero-order chi connectivity index (χ0) is 13.2. The summed E-state index contributed by atoms with van der Waals surface area (Å²) in [5, 5.41) is 9.26. The molecule has 1 rings (SSSR count). The minimum atomic E-state index is -0.907. The Labute approximate surface area is 111 Å². The average Bonchev–Trinajstić information content (AvgIpc) is 2.25. The summed E-state index contributed by atoms with van der Waals surface area (Å²) < 4.78 is 0.616. The van der Waals surface area contributed by atoms with E-state index in [4.69, 9.17) is 0 Å². The van der Waals surface area contributed by atoms with Gasteiger partial charge in [-0.2, -0.15) is 0 Å². The highest BCUT2D eigenvalue weighted by atomic mass is 79.9. The van der Waals surface area contributed by atoms with Crippen LogP contribution in [0, 0.1) is 5.92 Å². The third-order valence-electron chi connectivity index (χ3n) is 3.16. The van der Waals surface area contributed by atoms with Crippen LogP contribution in [0.2, 0.25) is 0 Å². The van der Waals surface area contributed by atoms with E-state index < -0.39 is 5.97 Å². The number of rotatable bonds is 4. The number of carbonyl (C=O) groups is 1. The number of nitrogens with zero attached hydrogens (tertiary/aromatic N) is 1. The molecule has 1 atom stereocenters. The van der Waals surface area contributed by atoms with E-state index in [1.165, 1.54) is 0 Å². The molecule has 1 unspecified atom stereocenters. The van der Waals surface area contributed by atoms with E-state index in [1.54, 1.807) is 6.07 Å². The first kappa shape index (κ1) is 14.0. The molecule has 94 valence electrons. The molecule has 0 aromatic heterocycles. The second-order valence-corrected chi connectivity index (χ2v) is 5.39. The lowest BCUT2D eigenvalue weighted by molar-refractivity contribution is 0.0696. The Hall–Kier alpha value is -1.03. The summed E-state index contributed by atoms with van der Waals surface area (Å²) in [6, 6.07) is 5.73. The fourth-order valence-electron chi connectivity index (χ4n) is 1.68. The molecular formula is C13H18BrNO2. The van der Waals surface area contributed by atoms with E-state index in [0.717, 1.165) is 5.69 Å². The van der Waals surface area contributed by atoms with Gasteiger partial charge in [-0.3, -0.25) is 0 Å². The number of carboxylic acid groups (broad SMARTS) is 1. The summed E-state index contributed by atoms with van der Waals surface area (Å²) in [4.78, 5) is 13.3. The van der Waals surface area contributed by atoms with Crippen molar-refractivity contribution in [3.05, 3.63) is 28.2 Å². The third kappa shape index (κ3) is 3.00. The van der Waals surface area contributed by atoms with Crippen molar-refractivity contribution in [3.8, 4) is 0 Å². The summed E-state index contributed by atoms with van der Waals surface area (Å²) >= 11 is 3.29. The number of benzene rings is 1. The first-order valence-electron chi connectivity index (χ1n) is 5.61. The summed E-state index contributed by atoms with van der Waals surface area (Å²) in [7, 11) is 1.93. The van der Waals surface area contributed by atoms with Crippen LogP contribution in [0.1, 0.15) is 31.1 Å². The van der Waals surface area contributed by atoms with Crippen LogP contribution >= 0.6 is 15.9 Å². The second-order valence-electron chi connectivity index (χ2n) is 4.53. The fourth-order valence-corrected chi connectivity index (χ4v) is 2.21. The largest absolute Gasteiger partial charge is 0.478 e. The zero-order valence-electron chi connectivity index (χ0n) is 10.6. The molecule has 1 aromatic rings. The normalized spacial score (nSPS) is 12.6. The molecule has 0 spiro atoms. The van der Waals surface area contributed by atoms with Crippen molar-refractivity contribution in [1.29, 1.82) is 0 Å². The van der Waals surface area contributed by atoms with Crippen molar-refractivity contribution in [1.82, 2.24) is 0 Å². The highest BCUT2D eigenvalue weighted by Crippen LogP contribution is 2.29. The smallest absolute Gasteiger partial charge is 0.338 e. The second kappa shape index (κ2) is 5.54. The van der Waals surface area contributed by atoms with E-state index in [0.29, 0.717) is 16.0 Å². The molecule has 0 heterocycles. The number of carboxylic acids is 1. The monoisotopic (exact) mass is 299 g/mol. The van der Waals surface area contributed by atoms with Gasteiger partial charge in [0.05, 0.1) is 11.3 Å². The van der Waals surface area contributed by atoms with Crippen molar-refractivity contribution >= 4 is 27.6 Å². The SMILES string of the molecule is CC(C)C(C)N(C)c1cccc(Br)c1C(=O)O. The van der Waals surface area contributed by atoms with Gasteiger partial charge in [0.1, 0.15) is 0 Å². The first-order chi connectivity index (χ1) is 7.86. The quantitative estimate of drug-likeness (QED) is 0.923. The first-order valence-corrected chi connectivity index (χ1v) is 6.40. The van der Waals surface area contributed by atoms with Crippen LogP contribution in [0.3, 0.4) is 0 Å². The van der Waals surface area contributed by atoms with Crippen molar-refractivity contribution in [2.24, 2.45) is 5.92 Å². The Morgan fingerprint density at radius 3 is 2.41 bits per heavy atom. The molecule has 0 amide bonds. The molecule has 0 radical (unpaired) electrons. The van der Waals surface area contributed by atoms with Gasteiger partial charge in [-0.25, -0.2) is 4.79 Å². The van der Waals surface area contributed by atoms with Crippen molar-refractivity contribution in [2.45, 2.75) is 26.8 Å². The van der Waals surface area contributed by atoms with Gasteiger partial charge in [-0.15, -0.1) is 0 Å². The van der Waals surface area contributed by atoms with Crippen molar-refractivity contribution in [3.63, 3.8) is 0 Å². The molecule has 17 heavy (non-hydrogen) atoms. The van der Waals surface area contributed by atoms with Gasteiger partial charge in [-0.1, -0.05) is 19.9 Å². The third-order valence-corrected chi connectivity index (χ3v) is 3.82. The van der Waals surface area contributed by atoms with Gasteiger partial charge in [0.2, 0.25) is 0 Å². The average molecular weight is 300 g/mol. The van der Waals surface area contributed by atoms with E-state index >= 15 is 0 Å². The van der Waals surface area contributed by atoms with Crippen LogP contribution in [0.15, 0.2) is 22.7 Å². The highest BCUT2D eigenvalue weighted by molar-refractivity contribution is 9.10. The van der Waals surface area contributed by atoms with E-state index in [2.05, 4.69) is 36.7 Å². The fraction of sp³-hybridized carbons (Fsp3) is 0.462. The molecule has 0 fully saturated rings. The van der Waals surface area contributed by atoms with Gasteiger partial charge in [-0.05, 0) is 40.9 Å². The molecule has 1 N–H and O–H groups in total. The van der Waals surface area contributed by atoms with Gasteiger partial charge < -0.3 is 10.0 Å². The summed E-state index contributed by atoms with van der Waals surface area (Å²) in [5.74, 6) is -0.448. The van der Waals surface area contributed by atoms with Crippen LogP contribution in [-0.4, -0.2) is 24.2 Å². The number of anilines is 1. The van der Waals surface area contributed by atoms with Gasteiger partial charge in [0.25, 0.3) is 0 Å². The summed E-state index contributed by atoms with van der Waals surface area (Å²) in [5.41, 5.74) is 1.07. The summed E-state index contributed by atoms with van der Waals surface area (Å²) in [6.07, 6.45) is 0. The molecule has 0 saturated carbocycles. The zero-order valence-corrected chi connectivity index (χ0v) is 12.2. The Morgan fingerprint density at radius 1 is 1.35 bits per heavy atom. The predicted octanol–water partition coefficient (Wildman–Crippen LogP) is 3.63. The predicted molar refractivity (Wildman–Crippen MR) is 73.8 cm³/mol. The van der Waals surface area contributed by atoms with Crippen LogP contribution in [0.4, 0.5) is 5.69 Å². The van der Waals surface area contributed by atoms with Crippen molar-refractivity contribution in [2.75, 3.05) is 11.9 Å². The maximum atomic E-state index is 11.3. The lowest BCUT2D eigenvalue weighted by Gasteiger charge is -2.31. The molecule has 0 aliphatic carbocycles. The number of aromatic carboxylic acids is 1. The van der Waals surface area contributed by atoms with Crippen LogP contribution < -0.4 is 4.90 Å². The van der Waals surface area contributed by atoms with Gasteiger partial charge in [0, 0.05) is 17.6 Å². The van der Waals surface area contributed by atoms with Crippen LogP contribution in [0.5, 0.6) is 0 Å². The number of halogens is 1. The minimum absolute atomic E-state index is 0.280. The van der Waals surface area contributed by atoms with Gasteiger partial charge in [0.15, 0.2) is 0 Å². The Kier molecular flexibility index (Phi) is 4.57. The molecule has 4 heteroatoms. The standard InChI is InChI=1S/C13H18BrNO2/c1-8(2)9(3)15(4)11-7-5-6-10(14)12(11)13(16)17/h5-9H,1-4H3,(H,16,17). The molecular weight excluding hydrogens is 282 g/mol. The van der Waals surface area contributed by atoms with Crippen LogP contribution in [0.25, 0.3) is 0 Å². The Bertz CT molecular complexity index is 418. The van der Waals surface area contributed by atoms with Crippen LogP contribution in [-0.2, 0) is 0 Å². The number of hydrogen-bond donors (Lipinski definition) is 1. The minimum Gasteiger partial charge on any atom is -0.478 e. The maximum absolute atomic E-state index is 11.3. The Morgan fingerprint density at radius 2 is 1.94 bits per heavy atom. The highest BCUT2D eigenvalue weighted by Gasteiger charge is 2.21. The van der Waals surface area contributed by atoms with Crippen molar-refractivity contribution < 1.29 is 9.90 Å². The molecule has 0 aliphatic rings. The molecule has 1 aromatic carbocycles. The Balaban J connectivity index is 3.22. The van der Waals surface area contributed by atoms with E-state index in [9.17, 15) is 9.90 Å². The van der Waals surface area contributed by atoms with E-state index in [-0.39, 0.29) is 6.04 Å². The molecule has 3 nitrogen and oxygen atoms in total. The van der Waals surface area contributed by atoms with E-state index in [1.807, 2.05) is 24.1 Å².